The number of carbonyl (C=O) groups is 4. The molecule has 0 aliphatic carbocycles. The summed E-state index contributed by atoms with van der Waals surface area (Å²) in [5.41, 5.74) is 9.03. The molecule has 2 heterocycles. The first-order valence-electron chi connectivity index (χ1n) is 15.6. The Hall–Kier alpha value is -4.59. The van der Waals surface area contributed by atoms with Crippen molar-refractivity contribution in [1.29, 1.82) is 0 Å². The molecule has 5 rings (SSSR count). The number of thioether (sulfide) groups is 1. The highest BCUT2D eigenvalue weighted by atomic mass is 32.2. The van der Waals surface area contributed by atoms with Gasteiger partial charge in [-0.2, -0.15) is 0 Å². The number of Topliss-reactive ketones (excluding diaryl/α,β-unsaturated/α-hetero) is 1. The number of aryl methyl sites for hydroxylation is 1. The second-order valence-corrected chi connectivity index (χ2v) is 13.0. The van der Waals surface area contributed by atoms with E-state index in [1.54, 1.807) is 42.2 Å². The molecular weight excluding hydrogens is 638 g/mol. The number of aliphatic hydroxyl groups excluding tert-OH is 1. The minimum Gasteiger partial charge on any atom is -0.484 e. The van der Waals surface area contributed by atoms with Gasteiger partial charge < -0.3 is 40.4 Å². The van der Waals surface area contributed by atoms with Crippen LogP contribution in [0.5, 0.6) is 17.2 Å². The van der Waals surface area contributed by atoms with Crippen LogP contribution in [0.3, 0.4) is 0 Å². The lowest BCUT2D eigenvalue weighted by Gasteiger charge is -2.47. The smallest absolute Gasteiger partial charge is 0.320 e. The van der Waals surface area contributed by atoms with E-state index in [1.807, 2.05) is 43.3 Å². The van der Waals surface area contributed by atoms with E-state index in [-0.39, 0.29) is 44.1 Å². The highest BCUT2D eigenvalue weighted by Gasteiger charge is 2.49. The molecule has 5 N–H and O–H groups in total. The average molecular weight is 678 g/mol. The topological polar surface area (TPSA) is 178 Å². The van der Waals surface area contributed by atoms with Crippen LogP contribution in [0.4, 0.5) is 5.69 Å². The van der Waals surface area contributed by atoms with Gasteiger partial charge in [0.05, 0.1) is 18.7 Å². The van der Waals surface area contributed by atoms with Crippen molar-refractivity contribution in [2.75, 3.05) is 30.6 Å². The molecule has 12 nitrogen and oxygen atoms in total. The Morgan fingerprint density at radius 1 is 1.06 bits per heavy atom. The van der Waals surface area contributed by atoms with Crippen molar-refractivity contribution < 1.29 is 43.6 Å². The molecule has 0 radical (unpaired) electrons. The number of fused-ring (bicyclic) bond motifs is 1. The fraction of sp³-hybridized carbons (Fsp3) is 0.371. The monoisotopic (exact) mass is 677 g/mol. The third-order valence-electron chi connectivity index (χ3n) is 8.45. The van der Waals surface area contributed by atoms with Crippen LogP contribution in [0.25, 0.3) is 0 Å². The summed E-state index contributed by atoms with van der Waals surface area (Å²) < 4.78 is 16.4. The standard InChI is InChI=1S/C35H39N3O9S/c1-3-21(31(36)35(43)44)14-25(39)16-37-30(41)17-45-26-11-6-22(7-12-26)32-33(34(42)38(32)24-9-4-20(2)5-10-24)48-18-27(40)23-8-13-28-29(15-23)47-19-46-28/h4-13,15,21,27,31-33,40H,3,14,16-19,36H2,1-2H3,(H,37,41)(H,43,44)/t21?,27?,31-,32-,33-/m1/s1. The molecule has 0 spiro atoms. The maximum atomic E-state index is 13.5. The quantitative estimate of drug-likeness (QED) is 0.163. The van der Waals surface area contributed by atoms with Gasteiger partial charge >= 0.3 is 5.97 Å². The number of carboxylic acids is 1. The summed E-state index contributed by atoms with van der Waals surface area (Å²) in [6, 6.07) is 18.7. The lowest BCUT2D eigenvalue weighted by Crippen LogP contribution is -2.57. The maximum absolute atomic E-state index is 13.5. The summed E-state index contributed by atoms with van der Waals surface area (Å²) in [6.07, 6.45) is -0.446. The molecule has 5 atom stereocenters. The van der Waals surface area contributed by atoms with E-state index < -0.39 is 35.2 Å². The number of anilines is 1. The summed E-state index contributed by atoms with van der Waals surface area (Å²) in [5, 5.41) is 22.1. The zero-order chi connectivity index (χ0) is 34.4. The number of aliphatic carboxylic acids is 1. The van der Waals surface area contributed by atoms with Crippen molar-refractivity contribution in [2.45, 2.75) is 50.1 Å². The van der Waals surface area contributed by atoms with Gasteiger partial charge in [-0.05, 0) is 60.4 Å². The van der Waals surface area contributed by atoms with Crippen molar-refractivity contribution in [1.82, 2.24) is 5.32 Å². The Morgan fingerprint density at radius 3 is 2.46 bits per heavy atom. The van der Waals surface area contributed by atoms with Gasteiger partial charge in [-0.25, -0.2) is 0 Å². The molecule has 13 heteroatoms. The first-order chi connectivity index (χ1) is 23.0. The van der Waals surface area contributed by atoms with Crippen molar-refractivity contribution in [3.63, 3.8) is 0 Å². The van der Waals surface area contributed by atoms with E-state index in [1.165, 1.54) is 11.8 Å². The minimum absolute atomic E-state index is 0.0491. The molecule has 0 aromatic heterocycles. The lowest BCUT2D eigenvalue weighted by atomic mass is 9.92. The molecule has 2 aliphatic rings. The number of aliphatic hydroxyl groups is 1. The lowest BCUT2D eigenvalue weighted by molar-refractivity contribution is -0.140. The van der Waals surface area contributed by atoms with Crippen molar-refractivity contribution in [3.05, 3.63) is 83.4 Å². The van der Waals surface area contributed by atoms with Gasteiger partial charge in [0.1, 0.15) is 17.0 Å². The molecular formula is C35H39N3O9S. The summed E-state index contributed by atoms with van der Waals surface area (Å²) in [5.74, 6) is -0.651. The van der Waals surface area contributed by atoms with Crippen LogP contribution in [0.1, 0.15) is 48.6 Å². The van der Waals surface area contributed by atoms with Crippen LogP contribution in [-0.4, -0.2) is 70.8 Å². The first kappa shape index (κ1) is 34.7. The number of hydrogen-bond donors (Lipinski definition) is 4. The highest BCUT2D eigenvalue weighted by molar-refractivity contribution is 8.00. The Bertz CT molecular complexity index is 1630. The third-order valence-corrected chi connectivity index (χ3v) is 9.78. The largest absolute Gasteiger partial charge is 0.484 e. The number of β-lactam (4-membered cyclic amide) rings is 1. The Balaban J connectivity index is 1.19. The number of amides is 2. The molecule has 0 bridgehead atoms. The molecule has 2 unspecified atom stereocenters. The third kappa shape index (κ3) is 8.09. The van der Waals surface area contributed by atoms with E-state index in [9.17, 15) is 24.3 Å². The summed E-state index contributed by atoms with van der Waals surface area (Å²) >= 11 is 1.38. The summed E-state index contributed by atoms with van der Waals surface area (Å²) in [6.45, 7) is 3.30. The van der Waals surface area contributed by atoms with Crippen molar-refractivity contribution in [3.8, 4) is 17.2 Å². The van der Waals surface area contributed by atoms with Gasteiger partial charge in [-0.1, -0.05) is 49.2 Å². The number of nitrogens with two attached hydrogens (primary N) is 1. The maximum Gasteiger partial charge on any atom is 0.320 e. The first-order valence-corrected chi connectivity index (χ1v) is 16.7. The molecule has 0 saturated carbocycles. The van der Waals surface area contributed by atoms with E-state index in [0.29, 0.717) is 35.0 Å². The molecule has 1 saturated heterocycles. The number of carbonyl (C=O) groups excluding carboxylic acids is 3. The predicted octanol–water partition coefficient (Wildman–Crippen LogP) is 3.54. The summed E-state index contributed by atoms with van der Waals surface area (Å²) in [4.78, 5) is 51.0. The van der Waals surface area contributed by atoms with Crippen molar-refractivity contribution >= 4 is 41.0 Å². The second kappa shape index (κ2) is 15.5. The van der Waals surface area contributed by atoms with E-state index in [2.05, 4.69) is 5.32 Å². The van der Waals surface area contributed by atoms with Crippen LogP contribution in [-0.2, 0) is 19.2 Å². The van der Waals surface area contributed by atoms with Gasteiger partial charge in [0.2, 0.25) is 12.7 Å². The summed E-state index contributed by atoms with van der Waals surface area (Å²) in [7, 11) is 0. The Kier molecular flexibility index (Phi) is 11.2. The fourth-order valence-corrected chi connectivity index (χ4v) is 6.90. The predicted molar refractivity (Wildman–Crippen MR) is 179 cm³/mol. The van der Waals surface area contributed by atoms with Gasteiger partial charge in [-0.15, -0.1) is 11.8 Å². The molecule has 48 heavy (non-hydrogen) atoms. The Labute approximate surface area is 282 Å². The van der Waals surface area contributed by atoms with Crippen LogP contribution in [0.15, 0.2) is 66.7 Å². The number of hydrogen-bond acceptors (Lipinski definition) is 10. The highest BCUT2D eigenvalue weighted by Crippen LogP contribution is 2.46. The molecule has 2 amide bonds. The molecule has 1 fully saturated rings. The van der Waals surface area contributed by atoms with Gasteiger partial charge in [0, 0.05) is 17.9 Å². The molecule has 2 aliphatic heterocycles. The van der Waals surface area contributed by atoms with Crippen molar-refractivity contribution in [2.24, 2.45) is 11.7 Å². The van der Waals surface area contributed by atoms with Crippen LogP contribution in [0, 0.1) is 12.8 Å². The van der Waals surface area contributed by atoms with E-state index >= 15 is 0 Å². The number of ether oxygens (including phenoxy) is 3. The van der Waals surface area contributed by atoms with Gasteiger partial charge in [-0.3, -0.25) is 19.2 Å². The van der Waals surface area contributed by atoms with Crippen LogP contribution >= 0.6 is 11.8 Å². The second-order valence-electron chi connectivity index (χ2n) is 11.8. The van der Waals surface area contributed by atoms with Gasteiger partial charge in [0.25, 0.3) is 5.91 Å². The number of benzene rings is 3. The normalized spacial score (nSPS) is 18.4. The molecule has 3 aromatic carbocycles. The van der Waals surface area contributed by atoms with Crippen LogP contribution in [0.2, 0.25) is 0 Å². The molecule has 254 valence electrons. The number of nitrogens with one attached hydrogen (secondary N) is 1. The fourth-order valence-electron chi connectivity index (χ4n) is 5.60. The number of ketones is 1. The van der Waals surface area contributed by atoms with E-state index in [4.69, 9.17) is 25.1 Å². The Morgan fingerprint density at radius 2 is 1.77 bits per heavy atom. The van der Waals surface area contributed by atoms with Gasteiger partial charge in [0.15, 0.2) is 23.9 Å². The number of nitrogens with zero attached hydrogens (tertiary/aromatic N) is 1. The number of carboxylic acid groups (broad SMARTS) is 1. The SMILES string of the molecule is CCC(CC(=O)CNC(=O)COc1ccc([C@@H]2[C@@H](SCC(O)c3ccc4c(c3)OCO4)C(=O)N2c2ccc(C)cc2)cc1)[C@@H](N)C(=O)O. The zero-order valence-corrected chi connectivity index (χ0v) is 27.5. The minimum atomic E-state index is -1.17. The zero-order valence-electron chi connectivity index (χ0n) is 26.7. The number of rotatable bonds is 16. The van der Waals surface area contributed by atoms with E-state index in [0.717, 1.165) is 16.8 Å². The molecule has 3 aromatic rings. The van der Waals surface area contributed by atoms with Crippen LogP contribution < -0.4 is 30.2 Å². The average Bonchev–Trinajstić information content (AvgIpc) is 3.56.